The molecule has 0 spiro atoms. The quantitative estimate of drug-likeness (QED) is 0.535. The van der Waals surface area contributed by atoms with Gasteiger partial charge in [-0.2, -0.15) is 0 Å². The van der Waals surface area contributed by atoms with Crippen molar-refractivity contribution in [3.05, 3.63) is 66.1 Å². The molecule has 0 aliphatic rings. The van der Waals surface area contributed by atoms with Crippen LogP contribution < -0.4 is 0 Å². The molecule has 0 unspecified atom stereocenters. The highest BCUT2D eigenvalue weighted by atomic mass is 32.2. The van der Waals surface area contributed by atoms with Crippen LogP contribution in [-0.4, -0.2) is 31.3 Å². The molecule has 3 aromatic rings. The molecule has 0 bridgehead atoms. The number of benzene rings is 1. The minimum Gasteiger partial charge on any atom is -0.293 e. The number of Topliss-reactive ketones (excluding diaryl/α,β-unsaturated/α-hetero) is 1. The number of hydrogen-bond donors (Lipinski definition) is 0. The fourth-order valence-electron chi connectivity index (χ4n) is 1.93. The summed E-state index contributed by atoms with van der Waals surface area (Å²) >= 11 is 1.36. The first-order valence-corrected chi connectivity index (χ1v) is 7.77. The molecule has 110 valence electrons. The highest BCUT2D eigenvalue weighted by molar-refractivity contribution is 7.99. The predicted molar refractivity (Wildman–Crippen MR) is 85.4 cm³/mol. The van der Waals surface area contributed by atoms with Crippen LogP contribution in [0.1, 0.15) is 15.9 Å². The van der Waals surface area contributed by atoms with Crippen LogP contribution in [0.2, 0.25) is 0 Å². The molecule has 22 heavy (non-hydrogen) atoms. The van der Waals surface area contributed by atoms with E-state index >= 15 is 0 Å². The van der Waals surface area contributed by atoms with Crippen molar-refractivity contribution in [2.24, 2.45) is 0 Å². The summed E-state index contributed by atoms with van der Waals surface area (Å²) in [6.45, 7) is 2.00. The fraction of sp³-hybridized carbons (Fsp3) is 0.125. The lowest BCUT2D eigenvalue weighted by Gasteiger charge is -2.05. The zero-order valence-corrected chi connectivity index (χ0v) is 12.8. The maximum Gasteiger partial charge on any atom is 0.197 e. The van der Waals surface area contributed by atoms with Gasteiger partial charge in [-0.3, -0.25) is 9.36 Å². The molecule has 0 saturated carbocycles. The molecule has 0 atom stereocenters. The van der Waals surface area contributed by atoms with Gasteiger partial charge in [-0.25, -0.2) is 4.98 Å². The van der Waals surface area contributed by atoms with Crippen molar-refractivity contribution >= 4 is 17.5 Å². The topological polar surface area (TPSA) is 60.7 Å². The van der Waals surface area contributed by atoms with Crippen LogP contribution in [0.3, 0.4) is 0 Å². The first kappa shape index (κ1) is 14.5. The summed E-state index contributed by atoms with van der Waals surface area (Å²) < 4.78 is 1.77. The van der Waals surface area contributed by atoms with Gasteiger partial charge in [0.2, 0.25) is 0 Å². The monoisotopic (exact) mass is 310 g/mol. The molecule has 0 fully saturated rings. The first-order valence-electron chi connectivity index (χ1n) is 6.78. The Kier molecular flexibility index (Phi) is 4.29. The number of hydrogen-bond acceptors (Lipinski definition) is 5. The number of aromatic nitrogens is 4. The van der Waals surface area contributed by atoms with Gasteiger partial charge in [0.25, 0.3) is 0 Å². The van der Waals surface area contributed by atoms with E-state index in [4.69, 9.17) is 0 Å². The number of carbonyl (C=O) groups excluding carboxylic acids is 1. The summed E-state index contributed by atoms with van der Waals surface area (Å²) in [5, 5.41) is 8.61. The molecule has 2 aromatic heterocycles. The van der Waals surface area contributed by atoms with Crippen molar-refractivity contribution < 1.29 is 4.79 Å². The highest BCUT2D eigenvalue weighted by Crippen LogP contribution is 2.19. The van der Waals surface area contributed by atoms with Crippen LogP contribution in [0.15, 0.2) is 60.1 Å². The molecule has 0 amide bonds. The maximum atomic E-state index is 12.2. The standard InChI is InChI=1S/C16H14N4OS/c1-12-5-7-13(8-6-12)14(21)10-22-16-19-18-11-20(16)15-4-2-3-9-17-15/h2-9,11H,10H2,1H3. The van der Waals surface area contributed by atoms with Crippen LogP contribution >= 0.6 is 11.8 Å². The molecule has 0 N–H and O–H groups in total. The van der Waals surface area contributed by atoms with E-state index in [1.165, 1.54) is 11.8 Å². The zero-order valence-electron chi connectivity index (χ0n) is 12.0. The molecule has 0 aliphatic carbocycles. The number of nitrogens with zero attached hydrogens (tertiary/aromatic N) is 4. The van der Waals surface area contributed by atoms with Gasteiger partial charge in [0, 0.05) is 11.8 Å². The number of aryl methyl sites for hydroxylation is 1. The smallest absolute Gasteiger partial charge is 0.197 e. The molecule has 5 nitrogen and oxygen atoms in total. The van der Waals surface area contributed by atoms with Crippen LogP contribution in [0.5, 0.6) is 0 Å². The van der Waals surface area contributed by atoms with E-state index in [0.717, 1.165) is 11.4 Å². The predicted octanol–water partition coefficient (Wildman–Crippen LogP) is 2.95. The van der Waals surface area contributed by atoms with Gasteiger partial charge in [-0.05, 0) is 19.1 Å². The van der Waals surface area contributed by atoms with E-state index in [-0.39, 0.29) is 5.78 Å². The number of pyridine rings is 1. The molecule has 1 aromatic carbocycles. The van der Waals surface area contributed by atoms with E-state index < -0.39 is 0 Å². The summed E-state index contributed by atoms with van der Waals surface area (Å²) in [4.78, 5) is 16.5. The molecule has 3 rings (SSSR count). The SMILES string of the molecule is Cc1ccc(C(=O)CSc2nncn2-c2ccccn2)cc1. The summed E-state index contributed by atoms with van der Waals surface area (Å²) in [6.07, 6.45) is 3.31. The second kappa shape index (κ2) is 6.53. The largest absolute Gasteiger partial charge is 0.293 e. The number of thioether (sulfide) groups is 1. The van der Waals surface area contributed by atoms with Crippen LogP contribution in [-0.2, 0) is 0 Å². The van der Waals surface area contributed by atoms with Crippen molar-refractivity contribution in [3.63, 3.8) is 0 Å². The maximum absolute atomic E-state index is 12.2. The Morgan fingerprint density at radius 1 is 1.18 bits per heavy atom. The van der Waals surface area contributed by atoms with Gasteiger partial charge < -0.3 is 0 Å². The molecule has 6 heteroatoms. The Balaban J connectivity index is 1.71. The lowest BCUT2D eigenvalue weighted by atomic mass is 10.1. The van der Waals surface area contributed by atoms with E-state index in [9.17, 15) is 4.79 Å². The number of ketones is 1. The average molecular weight is 310 g/mol. The van der Waals surface area contributed by atoms with Gasteiger partial charge in [-0.1, -0.05) is 47.7 Å². The highest BCUT2D eigenvalue weighted by Gasteiger charge is 2.11. The van der Waals surface area contributed by atoms with Gasteiger partial charge >= 0.3 is 0 Å². The van der Waals surface area contributed by atoms with Gasteiger partial charge in [0.1, 0.15) is 12.1 Å². The molecule has 0 aliphatic heterocycles. The minimum absolute atomic E-state index is 0.0700. The second-order valence-corrected chi connectivity index (χ2v) is 5.69. The third kappa shape index (κ3) is 3.23. The van der Waals surface area contributed by atoms with E-state index in [1.54, 1.807) is 17.1 Å². The van der Waals surface area contributed by atoms with Gasteiger partial charge in [0.05, 0.1) is 5.75 Å². The van der Waals surface area contributed by atoms with E-state index in [1.807, 2.05) is 49.4 Å². The van der Waals surface area contributed by atoms with Gasteiger partial charge in [0.15, 0.2) is 10.9 Å². The Morgan fingerprint density at radius 2 is 2.00 bits per heavy atom. The lowest BCUT2D eigenvalue weighted by Crippen LogP contribution is -2.04. The van der Waals surface area contributed by atoms with Crippen molar-refractivity contribution in [2.45, 2.75) is 12.1 Å². The average Bonchev–Trinajstić information content (AvgIpc) is 3.02. The Hall–Kier alpha value is -2.47. The van der Waals surface area contributed by atoms with E-state index in [0.29, 0.717) is 16.5 Å². The molecule has 0 saturated heterocycles. The third-order valence-corrected chi connectivity index (χ3v) is 4.06. The Labute approximate surface area is 132 Å². The van der Waals surface area contributed by atoms with Crippen molar-refractivity contribution in [1.82, 2.24) is 19.7 Å². The molecular formula is C16H14N4OS. The zero-order chi connectivity index (χ0) is 15.4. The first-order chi connectivity index (χ1) is 10.7. The lowest BCUT2D eigenvalue weighted by molar-refractivity contribution is 0.102. The fourth-order valence-corrected chi connectivity index (χ4v) is 2.74. The number of rotatable bonds is 5. The van der Waals surface area contributed by atoms with Crippen LogP contribution in [0.4, 0.5) is 0 Å². The summed E-state index contributed by atoms with van der Waals surface area (Å²) in [7, 11) is 0. The Morgan fingerprint density at radius 3 is 2.73 bits per heavy atom. The molecule has 0 radical (unpaired) electrons. The van der Waals surface area contributed by atoms with Gasteiger partial charge in [-0.15, -0.1) is 10.2 Å². The van der Waals surface area contributed by atoms with E-state index in [2.05, 4.69) is 15.2 Å². The Bertz CT molecular complexity index is 768. The third-order valence-electron chi connectivity index (χ3n) is 3.12. The summed E-state index contributed by atoms with van der Waals surface area (Å²) in [5.74, 6) is 1.12. The normalized spacial score (nSPS) is 10.6. The molecule has 2 heterocycles. The number of carbonyl (C=O) groups is 1. The van der Waals surface area contributed by atoms with Crippen LogP contribution in [0.25, 0.3) is 5.82 Å². The molecular weight excluding hydrogens is 296 g/mol. The second-order valence-electron chi connectivity index (χ2n) is 4.75. The summed E-state index contributed by atoms with van der Waals surface area (Å²) in [6, 6.07) is 13.2. The minimum atomic E-state index is 0.0700. The summed E-state index contributed by atoms with van der Waals surface area (Å²) in [5.41, 5.74) is 1.85. The van der Waals surface area contributed by atoms with Crippen molar-refractivity contribution in [2.75, 3.05) is 5.75 Å². The van der Waals surface area contributed by atoms with Crippen LogP contribution in [0, 0.1) is 6.92 Å². The van der Waals surface area contributed by atoms with Crippen molar-refractivity contribution in [3.8, 4) is 5.82 Å². The van der Waals surface area contributed by atoms with Crippen molar-refractivity contribution in [1.29, 1.82) is 0 Å².